The van der Waals surface area contributed by atoms with E-state index in [1.807, 2.05) is 33.2 Å². The molecule has 0 bridgehead atoms. The minimum absolute atomic E-state index is 0.190. The molecule has 212 valence electrons. The Morgan fingerprint density at radius 2 is 1.41 bits per heavy atom. The number of ether oxygens (including phenoxy) is 1. The smallest absolute Gasteiger partial charge is 0.410 e. The summed E-state index contributed by atoms with van der Waals surface area (Å²) in [6.07, 6.45) is 8.58. The van der Waals surface area contributed by atoms with Crippen LogP contribution in [-0.2, 0) is 17.8 Å². The van der Waals surface area contributed by atoms with Gasteiger partial charge in [-0.2, -0.15) is 0 Å². The van der Waals surface area contributed by atoms with E-state index in [2.05, 4.69) is 38.9 Å². The van der Waals surface area contributed by atoms with E-state index in [1.165, 1.54) is 36.9 Å². The normalized spacial score (nSPS) is 22.6. The van der Waals surface area contributed by atoms with Crippen molar-refractivity contribution in [2.45, 2.75) is 90.8 Å². The number of rotatable bonds is 2. The second-order valence-corrected chi connectivity index (χ2v) is 12.3. The lowest BCUT2D eigenvalue weighted by Gasteiger charge is -2.34. The van der Waals surface area contributed by atoms with Crippen LogP contribution in [0.3, 0.4) is 0 Å². The van der Waals surface area contributed by atoms with E-state index >= 15 is 0 Å². The van der Waals surface area contributed by atoms with Gasteiger partial charge < -0.3 is 24.8 Å². The first-order valence-electron chi connectivity index (χ1n) is 14.6. The van der Waals surface area contributed by atoms with Crippen molar-refractivity contribution in [3.63, 3.8) is 0 Å². The van der Waals surface area contributed by atoms with Crippen molar-refractivity contribution in [2.24, 2.45) is 0 Å². The van der Waals surface area contributed by atoms with Gasteiger partial charge in [0.1, 0.15) is 5.60 Å². The molecule has 2 saturated heterocycles. The van der Waals surface area contributed by atoms with Crippen molar-refractivity contribution in [2.75, 3.05) is 49.1 Å². The third-order valence-corrected chi connectivity index (χ3v) is 7.76. The van der Waals surface area contributed by atoms with Crippen molar-refractivity contribution < 1.29 is 9.53 Å². The summed E-state index contributed by atoms with van der Waals surface area (Å²) in [4.78, 5) is 37.1. The zero-order chi connectivity index (χ0) is 27.6. The second kappa shape index (κ2) is 11.6. The molecule has 1 amide bonds. The number of anilines is 2. The van der Waals surface area contributed by atoms with Gasteiger partial charge in [0, 0.05) is 81.2 Å². The Bertz CT molecular complexity index is 1150. The zero-order valence-electron chi connectivity index (χ0n) is 24.2. The summed E-state index contributed by atoms with van der Waals surface area (Å²) in [7, 11) is 0. The Morgan fingerprint density at radius 1 is 0.872 bits per heavy atom. The van der Waals surface area contributed by atoms with Gasteiger partial charge in [0.25, 0.3) is 0 Å². The number of carbonyl (C=O) groups is 1. The number of fused-ring (bicyclic) bond motifs is 2. The largest absolute Gasteiger partial charge is 0.444 e. The minimum Gasteiger partial charge on any atom is -0.444 e. The Morgan fingerprint density at radius 3 is 1.97 bits per heavy atom. The van der Waals surface area contributed by atoms with Crippen LogP contribution in [0.1, 0.15) is 94.7 Å². The molecule has 2 aromatic heterocycles. The van der Waals surface area contributed by atoms with Gasteiger partial charge in [-0.15, -0.1) is 0 Å². The molecule has 4 aliphatic heterocycles. The van der Waals surface area contributed by atoms with Crippen molar-refractivity contribution in [3.05, 3.63) is 34.9 Å². The lowest BCUT2D eigenvalue weighted by atomic mass is 9.98. The van der Waals surface area contributed by atoms with Crippen molar-refractivity contribution in [1.29, 1.82) is 0 Å². The highest BCUT2D eigenvalue weighted by Gasteiger charge is 2.31. The Labute approximate surface area is 232 Å². The van der Waals surface area contributed by atoms with Gasteiger partial charge in [-0.05, 0) is 46.5 Å². The fourth-order valence-electron chi connectivity index (χ4n) is 5.74. The average Bonchev–Trinajstić information content (AvgIpc) is 3.63. The number of carbonyl (C=O) groups excluding carboxylic acids is 1. The van der Waals surface area contributed by atoms with Gasteiger partial charge in [-0.1, -0.05) is 13.8 Å². The third kappa shape index (κ3) is 6.59. The number of nitrogens with one attached hydrogen (secondary N) is 1. The van der Waals surface area contributed by atoms with Crippen LogP contribution >= 0.6 is 0 Å². The number of nitrogens with zero attached hydrogens (tertiary/aromatic N) is 7. The summed E-state index contributed by atoms with van der Waals surface area (Å²) in [6.45, 7) is 17.4. The Hall–Kier alpha value is -3.01. The van der Waals surface area contributed by atoms with Gasteiger partial charge >= 0.3 is 6.09 Å². The molecular weight excluding hydrogens is 492 g/mol. The topological polar surface area (TPSA) is 99.6 Å². The molecule has 0 aromatic carbocycles. The summed E-state index contributed by atoms with van der Waals surface area (Å²) in [5.74, 6) is 2.47. The maximum absolute atomic E-state index is 12.3. The standard InChI is InChI=1S/C17H26N4O2.C12H18N4/c1-12-10-21(16(22)23-17(2,3)4)11-13-9-18-15(19-14(12)13)20-7-5-6-8-20;1-9-6-13-7-10-8-14-12(15-11(9)10)16-4-2-3-5-16/h9,12H,5-8,10-11H2,1-4H3;8-9,13H,2-7H2,1H3. The van der Waals surface area contributed by atoms with Crippen LogP contribution in [0.15, 0.2) is 12.4 Å². The van der Waals surface area contributed by atoms with E-state index in [4.69, 9.17) is 14.7 Å². The molecule has 0 aliphatic carbocycles. The molecule has 1 N–H and O–H groups in total. The predicted molar refractivity (Wildman–Crippen MR) is 152 cm³/mol. The summed E-state index contributed by atoms with van der Waals surface area (Å²) in [5, 5.41) is 3.39. The third-order valence-electron chi connectivity index (χ3n) is 7.76. The van der Waals surface area contributed by atoms with E-state index in [-0.39, 0.29) is 12.0 Å². The first-order chi connectivity index (χ1) is 18.7. The summed E-state index contributed by atoms with van der Waals surface area (Å²) >= 11 is 0. The van der Waals surface area contributed by atoms with Gasteiger partial charge in [0.2, 0.25) is 11.9 Å². The van der Waals surface area contributed by atoms with Gasteiger partial charge in [0.15, 0.2) is 0 Å². The van der Waals surface area contributed by atoms with E-state index in [0.717, 1.165) is 62.4 Å². The van der Waals surface area contributed by atoms with Crippen LogP contribution < -0.4 is 15.1 Å². The van der Waals surface area contributed by atoms with E-state index in [0.29, 0.717) is 19.0 Å². The molecule has 2 unspecified atom stereocenters. The monoisotopic (exact) mass is 536 g/mol. The lowest BCUT2D eigenvalue weighted by Crippen LogP contribution is -2.41. The van der Waals surface area contributed by atoms with E-state index in [9.17, 15) is 4.79 Å². The van der Waals surface area contributed by atoms with Gasteiger partial charge in [-0.25, -0.2) is 24.7 Å². The fourth-order valence-corrected chi connectivity index (χ4v) is 5.74. The fraction of sp³-hybridized carbons (Fsp3) is 0.690. The summed E-state index contributed by atoms with van der Waals surface area (Å²) in [5.41, 5.74) is 4.13. The highest BCUT2D eigenvalue weighted by Crippen LogP contribution is 2.29. The lowest BCUT2D eigenvalue weighted by molar-refractivity contribution is 0.0207. The molecule has 4 aliphatic rings. The summed E-state index contributed by atoms with van der Waals surface area (Å²) < 4.78 is 5.48. The molecule has 10 heteroatoms. The molecular formula is C29H44N8O2. The molecule has 10 nitrogen and oxygen atoms in total. The Kier molecular flexibility index (Phi) is 8.21. The quantitative estimate of drug-likeness (QED) is 0.605. The number of aromatic nitrogens is 4. The maximum atomic E-state index is 12.3. The van der Waals surface area contributed by atoms with Crippen molar-refractivity contribution in [1.82, 2.24) is 30.2 Å². The number of hydrogen-bond donors (Lipinski definition) is 1. The van der Waals surface area contributed by atoms with Crippen LogP contribution in [0.2, 0.25) is 0 Å². The van der Waals surface area contributed by atoms with Gasteiger partial charge in [0.05, 0.1) is 17.9 Å². The van der Waals surface area contributed by atoms with Crippen LogP contribution in [0.25, 0.3) is 0 Å². The van der Waals surface area contributed by atoms with Crippen molar-refractivity contribution >= 4 is 18.0 Å². The summed E-state index contributed by atoms with van der Waals surface area (Å²) in [6, 6.07) is 0. The molecule has 0 radical (unpaired) electrons. The first kappa shape index (κ1) is 27.6. The highest BCUT2D eigenvalue weighted by atomic mass is 16.6. The molecule has 6 heterocycles. The van der Waals surface area contributed by atoms with Crippen molar-refractivity contribution in [3.8, 4) is 0 Å². The molecule has 39 heavy (non-hydrogen) atoms. The zero-order valence-corrected chi connectivity index (χ0v) is 24.2. The predicted octanol–water partition coefficient (Wildman–Crippen LogP) is 4.21. The highest BCUT2D eigenvalue weighted by molar-refractivity contribution is 5.68. The number of hydrogen-bond acceptors (Lipinski definition) is 9. The van der Waals surface area contributed by atoms with Crippen LogP contribution in [0, 0.1) is 0 Å². The molecule has 2 fully saturated rings. The van der Waals surface area contributed by atoms with Gasteiger partial charge in [-0.3, -0.25) is 0 Å². The maximum Gasteiger partial charge on any atom is 0.410 e. The van der Waals surface area contributed by atoms with Crippen LogP contribution in [0.5, 0.6) is 0 Å². The number of amides is 1. The average molecular weight is 537 g/mol. The minimum atomic E-state index is -0.475. The molecule has 2 aromatic rings. The molecule has 0 saturated carbocycles. The van der Waals surface area contributed by atoms with E-state index < -0.39 is 5.60 Å². The van der Waals surface area contributed by atoms with E-state index in [1.54, 1.807) is 4.90 Å². The molecule has 0 spiro atoms. The van der Waals surface area contributed by atoms with Crippen LogP contribution in [-0.4, -0.2) is 75.8 Å². The molecule has 2 atom stereocenters. The SMILES string of the molecule is CC1CN(C(=O)OC(C)(C)C)Cc2cnc(N3CCCC3)nc21.CC1CNCc2cnc(N3CCCC3)nc21. The van der Waals surface area contributed by atoms with Crippen LogP contribution in [0.4, 0.5) is 16.7 Å². The Balaban J connectivity index is 0.000000168. The molecule has 6 rings (SSSR count). The second-order valence-electron chi connectivity index (χ2n) is 12.3. The first-order valence-corrected chi connectivity index (χ1v) is 14.6.